The Hall–Kier alpha value is -1.43. The molecular weight excluding hydrogens is 298 g/mol. The zero-order valence-electron chi connectivity index (χ0n) is 15.0. The van der Waals surface area contributed by atoms with E-state index in [-0.39, 0.29) is 0 Å². The largest absolute Gasteiger partial charge is 0.311 e. The second-order valence-corrected chi connectivity index (χ2v) is 6.97. The summed E-state index contributed by atoms with van der Waals surface area (Å²) in [5.41, 5.74) is 2.52. The molecule has 132 valence electrons. The van der Waals surface area contributed by atoms with Gasteiger partial charge in [-0.25, -0.2) is 0 Å². The number of hydrogen-bond acceptors (Lipinski definition) is 5. The molecule has 0 saturated carbocycles. The second-order valence-electron chi connectivity index (χ2n) is 6.97. The minimum Gasteiger partial charge on any atom is -0.311 e. The molecule has 0 spiro atoms. The summed E-state index contributed by atoms with van der Waals surface area (Å²) >= 11 is 0. The van der Waals surface area contributed by atoms with Crippen molar-refractivity contribution >= 4 is 6.21 Å². The number of hydrogen-bond donors (Lipinski definition) is 1. The fraction of sp³-hybridized carbons (Fsp3) is 0.632. The maximum absolute atomic E-state index is 4.60. The van der Waals surface area contributed by atoms with E-state index in [2.05, 4.69) is 56.5 Å². The van der Waals surface area contributed by atoms with E-state index in [0.29, 0.717) is 0 Å². The average Bonchev–Trinajstić information content (AvgIpc) is 3.13. The van der Waals surface area contributed by atoms with Gasteiger partial charge in [-0.1, -0.05) is 24.3 Å². The number of nitrogens with one attached hydrogen (secondary N) is 1. The van der Waals surface area contributed by atoms with Crippen LogP contribution in [0.5, 0.6) is 0 Å². The molecule has 1 aromatic carbocycles. The van der Waals surface area contributed by atoms with E-state index in [1.807, 2.05) is 6.21 Å². The van der Waals surface area contributed by atoms with Gasteiger partial charge in [0.1, 0.15) is 0 Å². The van der Waals surface area contributed by atoms with Gasteiger partial charge in [0, 0.05) is 45.8 Å². The van der Waals surface area contributed by atoms with Gasteiger partial charge in [-0.15, -0.1) is 0 Å². The smallest absolute Gasteiger partial charge is 0.0542 e. The highest BCUT2D eigenvalue weighted by Crippen LogP contribution is 2.06. The summed E-state index contributed by atoms with van der Waals surface area (Å²) in [5, 5.41) is 10.3. The van der Waals surface area contributed by atoms with E-state index in [9.17, 15) is 0 Å². The summed E-state index contributed by atoms with van der Waals surface area (Å²) in [6.45, 7) is 9.99. The van der Waals surface area contributed by atoms with Crippen molar-refractivity contribution in [3.05, 3.63) is 35.4 Å². The molecule has 0 aromatic heterocycles. The molecule has 2 aliphatic heterocycles. The minimum absolute atomic E-state index is 0.948. The lowest BCUT2D eigenvalue weighted by molar-refractivity contribution is 0.159. The minimum atomic E-state index is 0.948. The molecule has 1 N–H and O–H groups in total. The van der Waals surface area contributed by atoms with Crippen molar-refractivity contribution in [1.82, 2.24) is 20.1 Å². The number of piperazine rings is 1. The normalized spacial score (nSPS) is 20.3. The van der Waals surface area contributed by atoms with Gasteiger partial charge in [0.2, 0.25) is 0 Å². The first-order valence-electron chi connectivity index (χ1n) is 9.29. The van der Waals surface area contributed by atoms with Crippen molar-refractivity contribution < 1.29 is 0 Å². The van der Waals surface area contributed by atoms with Gasteiger partial charge in [0.15, 0.2) is 0 Å². The highest BCUT2D eigenvalue weighted by atomic mass is 15.5. The van der Waals surface area contributed by atoms with Crippen LogP contribution in [0.3, 0.4) is 0 Å². The molecule has 0 amide bonds. The van der Waals surface area contributed by atoms with Crippen molar-refractivity contribution in [2.75, 3.05) is 59.4 Å². The molecule has 0 atom stereocenters. The molecule has 5 heteroatoms. The van der Waals surface area contributed by atoms with Crippen LogP contribution in [-0.4, -0.2) is 80.4 Å². The molecular formula is C19H31N5. The highest BCUT2D eigenvalue weighted by molar-refractivity contribution is 5.79. The van der Waals surface area contributed by atoms with Crippen LogP contribution >= 0.6 is 0 Å². The van der Waals surface area contributed by atoms with Crippen LogP contribution in [0.15, 0.2) is 29.4 Å². The predicted octanol–water partition coefficient (Wildman–Crippen LogP) is 1.45. The lowest BCUT2D eigenvalue weighted by Crippen LogP contribution is -2.41. The Labute approximate surface area is 146 Å². The lowest BCUT2D eigenvalue weighted by Gasteiger charge is -2.30. The van der Waals surface area contributed by atoms with Crippen LogP contribution in [-0.2, 0) is 6.54 Å². The summed E-state index contributed by atoms with van der Waals surface area (Å²) in [7, 11) is 2.17. The monoisotopic (exact) mass is 329 g/mol. The van der Waals surface area contributed by atoms with Crippen LogP contribution in [0.1, 0.15) is 24.0 Å². The molecule has 1 aromatic rings. The summed E-state index contributed by atoms with van der Waals surface area (Å²) < 4.78 is 0. The van der Waals surface area contributed by atoms with Crippen molar-refractivity contribution in [1.29, 1.82) is 0 Å². The maximum Gasteiger partial charge on any atom is 0.0542 e. The van der Waals surface area contributed by atoms with E-state index >= 15 is 0 Å². The third-order valence-corrected chi connectivity index (χ3v) is 4.96. The highest BCUT2D eigenvalue weighted by Gasteiger charge is 2.11. The second kappa shape index (κ2) is 9.16. The number of nitrogens with zero attached hydrogens (tertiary/aromatic N) is 4. The molecule has 24 heavy (non-hydrogen) atoms. The lowest BCUT2D eigenvalue weighted by atomic mass is 10.1. The topological polar surface area (TPSA) is 34.1 Å². The van der Waals surface area contributed by atoms with Crippen LogP contribution in [0.4, 0.5) is 0 Å². The van der Waals surface area contributed by atoms with Crippen LogP contribution in [0, 0.1) is 0 Å². The van der Waals surface area contributed by atoms with Gasteiger partial charge in [-0.2, -0.15) is 5.10 Å². The van der Waals surface area contributed by atoms with E-state index in [0.717, 1.165) is 39.3 Å². The first-order valence-corrected chi connectivity index (χ1v) is 9.29. The quantitative estimate of drug-likeness (QED) is 0.607. The van der Waals surface area contributed by atoms with E-state index < -0.39 is 0 Å². The summed E-state index contributed by atoms with van der Waals surface area (Å²) in [5.74, 6) is 0. The van der Waals surface area contributed by atoms with Crippen LogP contribution in [0.2, 0.25) is 0 Å². The van der Waals surface area contributed by atoms with Crippen molar-refractivity contribution in [2.24, 2.45) is 5.10 Å². The maximum atomic E-state index is 4.60. The molecule has 0 unspecified atom stereocenters. The van der Waals surface area contributed by atoms with E-state index in [4.69, 9.17) is 0 Å². The van der Waals surface area contributed by atoms with Gasteiger partial charge < -0.3 is 15.1 Å². The van der Waals surface area contributed by atoms with Crippen molar-refractivity contribution in [3.63, 3.8) is 0 Å². The van der Waals surface area contributed by atoms with Gasteiger partial charge in [-0.05, 0) is 44.1 Å². The van der Waals surface area contributed by atoms with Gasteiger partial charge >= 0.3 is 0 Å². The molecule has 0 bridgehead atoms. The van der Waals surface area contributed by atoms with Gasteiger partial charge in [0.25, 0.3) is 0 Å². The molecule has 0 radical (unpaired) electrons. The summed E-state index contributed by atoms with van der Waals surface area (Å²) in [6, 6.07) is 8.73. The number of benzene rings is 1. The number of likely N-dealkylation sites (N-methyl/N-ethyl adjacent to an activating group) is 1. The van der Waals surface area contributed by atoms with Gasteiger partial charge in [0.05, 0.1) is 6.21 Å². The molecule has 3 rings (SSSR count). The van der Waals surface area contributed by atoms with Crippen LogP contribution < -0.4 is 5.32 Å². The first-order chi connectivity index (χ1) is 11.8. The molecule has 2 fully saturated rings. The Kier molecular flexibility index (Phi) is 6.64. The third kappa shape index (κ3) is 5.58. The average molecular weight is 329 g/mol. The van der Waals surface area contributed by atoms with Crippen molar-refractivity contribution in [2.45, 2.75) is 19.4 Å². The number of rotatable bonds is 7. The Morgan fingerprint density at radius 1 is 1.00 bits per heavy atom. The Morgan fingerprint density at radius 2 is 1.71 bits per heavy atom. The Bertz CT molecular complexity index is 499. The third-order valence-electron chi connectivity index (χ3n) is 4.96. The molecule has 2 heterocycles. The number of likely N-dealkylation sites (tertiary alicyclic amines) is 1. The zero-order valence-corrected chi connectivity index (χ0v) is 15.0. The summed E-state index contributed by atoms with van der Waals surface area (Å²) in [6.07, 6.45) is 4.73. The molecule has 5 nitrogen and oxygen atoms in total. The Morgan fingerprint density at radius 3 is 2.42 bits per heavy atom. The Balaban J connectivity index is 1.36. The van der Waals surface area contributed by atoms with E-state index in [1.54, 1.807) is 0 Å². The predicted molar refractivity (Wildman–Crippen MR) is 100 cm³/mol. The van der Waals surface area contributed by atoms with Crippen molar-refractivity contribution in [3.8, 4) is 0 Å². The molecule has 0 aliphatic carbocycles. The molecule has 2 saturated heterocycles. The summed E-state index contributed by atoms with van der Waals surface area (Å²) in [4.78, 5) is 4.89. The standard InChI is InChI=1S/C19H31N5/c1-22-12-14-24(15-13-22)21-17-19-6-4-18(5-7-19)16-20-8-11-23-9-2-3-10-23/h4-7,17,20H,2-3,8-16H2,1H3. The fourth-order valence-electron chi connectivity index (χ4n) is 3.26. The van der Waals surface area contributed by atoms with E-state index in [1.165, 1.54) is 43.6 Å². The SMILES string of the molecule is CN1CCN(N=Cc2ccc(CNCCN3CCCC3)cc2)CC1. The number of hydrazone groups is 1. The molecule has 2 aliphatic rings. The first kappa shape index (κ1) is 17.4. The van der Waals surface area contributed by atoms with Crippen LogP contribution in [0.25, 0.3) is 0 Å². The zero-order chi connectivity index (χ0) is 16.6. The fourth-order valence-corrected chi connectivity index (χ4v) is 3.26. The van der Waals surface area contributed by atoms with Gasteiger partial charge in [-0.3, -0.25) is 5.01 Å².